The van der Waals surface area contributed by atoms with Crippen LogP contribution in [0.4, 0.5) is 0 Å². The van der Waals surface area contributed by atoms with Crippen LogP contribution >= 0.6 is 22.7 Å². The summed E-state index contributed by atoms with van der Waals surface area (Å²) in [4.78, 5) is 9.19. The van der Waals surface area contributed by atoms with Crippen LogP contribution in [0.1, 0.15) is 36.8 Å². The van der Waals surface area contributed by atoms with Crippen LogP contribution < -0.4 is 4.90 Å². The zero-order valence-corrected chi connectivity index (χ0v) is 13.9. The Kier molecular flexibility index (Phi) is 4.54. The van der Waals surface area contributed by atoms with Gasteiger partial charge in [0.1, 0.15) is 11.6 Å². The number of thiazole rings is 1. The zero-order chi connectivity index (χ0) is 13.9. The highest BCUT2D eigenvalue weighted by Gasteiger charge is 2.21. The number of quaternary nitrogens is 1. The van der Waals surface area contributed by atoms with Gasteiger partial charge in [0.2, 0.25) is 0 Å². The van der Waals surface area contributed by atoms with Crippen LogP contribution in [0.2, 0.25) is 0 Å². The van der Waals surface area contributed by atoms with Crippen LogP contribution in [-0.2, 0) is 6.54 Å². The Labute approximate surface area is 129 Å². The van der Waals surface area contributed by atoms with Crippen molar-refractivity contribution in [1.82, 2.24) is 4.98 Å². The third kappa shape index (κ3) is 3.30. The van der Waals surface area contributed by atoms with Gasteiger partial charge in [-0.1, -0.05) is 13.3 Å². The van der Waals surface area contributed by atoms with E-state index in [0.29, 0.717) is 0 Å². The molecule has 108 valence electrons. The largest absolute Gasteiger partial charge is 0.331 e. The summed E-state index contributed by atoms with van der Waals surface area (Å²) < 4.78 is 0. The summed E-state index contributed by atoms with van der Waals surface area (Å²) in [5.74, 6) is 0.982. The van der Waals surface area contributed by atoms with Gasteiger partial charge < -0.3 is 4.90 Å². The van der Waals surface area contributed by atoms with Crippen molar-refractivity contribution in [3.8, 4) is 9.88 Å². The van der Waals surface area contributed by atoms with Gasteiger partial charge >= 0.3 is 0 Å². The molecule has 0 amide bonds. The van der Waals surface area contributed by atoms with Crippen LogP contribution in [0.25, 0.3) is 9.88 Å². The molecule has 3 rings (SSSR count). The molecule has 0 saturated carbocycles. The molecule has 2 aromatic rings. The maximum Gasteiger partial charge on any atom is 0.133 e. The lowest BCUT2D eigenvalue weighted by atomic mass is 9.94. The standard InChI is InChI=1S/C16H22N2S2/c1-3-13-6-8-18(9-7-13)10-14-4-5-15(20-14)16-17-12(2)11-19-16/h4-5,11,13H,3,6-10H2,1-2H3/p+1. The fraction of sp³-hybridized carbons (Fsp3) is 0.562. The van der Waals surface area contributed by atoms with Crippen LogP contribution in [-0.4, -0.2) is 18.1 Å². The molecule has 2 aromatic heterocycles. The second kappa shape index (κ2) is 6.37. The van der Waals surface area contributed by atoms with Gasteiger partial charge in [-0.15, -0.1) is 22.7 Å². The Balaban J connectivity index is 1.60. The molecule has 1 aliphatic rings. The molecule has 2 nitrogen and oxygen atoms in total. The van der Waals surface area contributed by atoms with E-state index in [2.05, 4.69) is 36.3 Å². The molecule has 4 heteroatoms. The quantitative estimate of drug-likeness (QED) is 0.916. The number of hydrogen-bond donors (Lipinski definition) is 1. The predicted molar refractivity (Wildman–Crippen MR) is 87.6 cm³/mol. The van der Waals surface area contributed by atoms with E-state index in [1.165, 1.54) is 53.7 Å². The van der Waals surface area contributed by atoms with Crippen molar-refractivity contribution in [2.75, 3.05) is 13.1 Å². The highest BCUT2D eigenvalue weighted by molar-refractivity contribution is 7.21. The van der Waals surface area contributed by atoms with Crippen molar-refractivity contribution in [3.05, 3.63) is 28.1 Å². The molecule has 0 spiro atoms. The summed E-state index contributed by atoms with van der Waals surface area (Å²) in [5, 5.41) is 3.31. The maximum absolute atomic E-state index is 4.58. The van der Waals surface area contributed by atoms with Gasteiger partial charge in [-0.05, 0) is 37.8 Å². The third-order valence-electron chi connectivity index (χ3n) is 4.31. The summed E-state index contributed by atoms with van der Waals surface area (Å²) in [6.07, 6.45) is 4.19. The molecule has 0 radical (unpaired) electrons. The van der Waals surface area contributed by atoms with Crippen LogP contribution in [0.3, 0.4) is 0 Å². The molecule has 1 saturated heterocycles. The number of rotatable bonds is 4. The Morgan fingerprint density at radius 3 is 2.75 bits per heavy atom. The molecular weight excluding hydrogens is 284 g/mol. The van der Waals surface area contributed by atoms with Crippen molar-refractivity contribution in [2.45, 2.75) is 39.7 Å². The van der Waals surface area contributed by atoms with Gasteiger partial charge in [0.05, 0.1) is 22.8 Å². The van der Waals surface area contributed by atoms with E-state index in [4.69, 9.17) is 0 Å². The SMILES string of the molecule is CCC1CC[NH+](Cc2ccc(-c3nc(C)cs3)s2)CC1. The summed E-state index contributed by atoms with van der Waals surface area (Å²) in [7, 11) is 0. The minimum Gasteiger partial charge on any atom is -0.331 e. The summed E-state index contributed by atoms with van der Waals surface area (Å²) >= 11 is 3.68. The number of hydrogen-bond acceptors (Lipinski definition) is 3. The van der Waals surface area contributed by atoms with E-state index in [9.17, 15) is 0 Å². The van der Waals surface area contributed by atoms with Gasteiger partial charge in [-0.3, -0.25) is 0 Å². The van der Waals surface area contributed by atoms with Crippen molar-refractivity contribution >= 4 is 22.7 Å². The summed E-state index contributed by atoms with van der Waals surface area (Å²) in [6, 6.07) is 4.55. The van der Waals surface area contributed by atoms with Gasteiger partial charge in [-0.2, -0.15) is 0 Å². The zero-order valence-electron chi connectivity index (χ0n) is 12.3. The lowest BCUT2D eigenvalue weighted by Gasteiger charge is -2.28. The van der Waals surface area contributed by atoms with Crippen molar-refractivity contribution < 1.29 is 4.90 Å². The predicted octanol–water partition coefficient (Wildman–Crippen LogP) is 3.38. The molecule has 3 heterocycles. The number of aryl methyl sites for hydroxylation is 1. The number of piperidine rings is 1. The molecule has 1 aliphatic heterocycles. The minimum absolute atomic E-state index is 0.982. The first-order chi connectivity index (χ1) is 9.74. The number of nitrogens with zero attached hydrogens (tertiary/aromatic N) is 1. The van der Waals surface area contributed by atoms with Crippen LogP contribution in [0, 0.1) is 12.8 Å². The van der Waals surface area contributed by atoms with E-state index >= 15 is 0 Å². The Morgan fingerprint density at radius 1 is 1.30 bits per heavy atom. The average molecular weight is 308 g/mol. The fourth-order valence-electron chi connectivity index (χ4n) is 2.97. The minimum atomic E-state index is 0.982. The van der Waals surface area contributed by atoms with E-state index < -0.39 is 0 Å². The fourth-order valence-corrected chi connectivity index (χ4v) is 4.92. The van der Waals surface area contributed by atoms with E-state index in [0.717, 1.165) is 11.6 Å². The first kappa shape index (κ1) is 14.2. The maximum atomic E-state index is 4.58. The third-order valence-corrected chi connectivity index (χ3v) is 6.52. The Hall–Kier alpha value is -0.710. The molecule has 0 unspecified atom stereocenters. The lowest BCUT2D eigenvalue weighted by molar-refractivity contribution is -0.919. The molecule has 0 bridgehead atoms. The van der Waals surface area contributed by atoms with Crippen LogP contribution in [0.5, 0.6) is 0 Å². The van der Waals surface area contributed by atoms with Crippen molar-refractivity contribution in [2.24, 2.45) is 5.92 Å². The molecule has 0 atom stereocenters. The number of thiophene rings is 1. The lowest BCUT2D eigenvalue weighted by Crippen LogP contribution is -3.11. The summed E-state index contributed by atoms with van der Waals surface area (Å²) in [6.45, 7) is 8.30. The first-order valence-corrected chi connectivity index (χ1v) is 9.29. The van der Waals surface area contributed by atoms with Crippen molar-refractivity contribution in [1.29, 1.82) is 0 Å². The normalized spacial score (nSPS) is 23.1. The van der Waals surface area contributed by atoms with Gasteiger partial charge in [0, 0.05) is 11.1 Å². The Morgan fingerprint density at radius 2 is 2.10 bits per heavy atom. The van der Waals surface area contributed by atoms with E-state index in [1.807, 2.05) is 11.3 Å². The van der Waals surface area contributed by atoms with E-state index in [1.54, 1.807) is 16.2 Å². The van der Waals surface area contributed by atoms with Crippen LogP contribution in [0.15, 0.2) is 17.5 Å². The van der Waals surface area contributed by atoms with Crippen molar-refractivity contribution in [3.63, 3.8) is 0 Å². The monoisotopic (exact) mass is 307 g/mol. The molecule has 1 N–H and O–H groups in total. The molecular formula is C16H23N2S2+. The topological polar surface area (TPSA) is 17.3 Å². The van der Waals surface area contributed by atoms with Gasteiger partial charge in [-0.25, -0.2) is 4.98 Å². The highest BCUT2D eigenvalue weighted by Crippen LogP contribution is 2.30. The van der Waals surface area contributed by atoms with Gasteiger partial charge in [0.15, 0.2) is 0 Å². The average Bonchev–Trinajstić information content (AvgIpc) is 3.09. The Bertz CT molecular complexity index is 550. The smallest absolute Gasteiger partial charge is 0.133 e. The second-order valence-electron chi connectivity index (χ2n) is 5.84. The molecule has 0 aliphatic carbocycles. The molecule has 1 fully saturated rings. The molecule has 0 aromatic carbocycles. The number of nitrogens with one attached hydrogen (secondary N) is 1. The second-order valence-corrected chi connectivity index (χ2v) is 7.86. The summed E-state index contributed by atoms with van der Waals surface area (Å²) in [5.41, 5.74) is 1.13. The number of aromatic nitrogens is 1. The molecule has 20 heavy (non-hydrogen) atoms. The number of likely N-dealkylation sites (tertiary alicyclic amines) is 1. The van der Waals surface area contributed by atoms with Gasteiger partial charge in [0.25, 0.3) is 0 Å². The first-order valence-electron chi connectivity index (χ1n) is 7.59. The van der Waals surface area contributed by atoms with E-state index in [-0.39, 0.29) is 0 Å². The highest BCUT2D eigenvalue weighted by atomic mass is 32.1.